The Kier molecular flexibility index (Phi) is 19.6. The average molecular weight is 1120 g/mol. The van der Waals surface area contributed by atoms with Crippen molar-refractivity contribution in [2.75, 3.05) is 127 Å². The van der Waals surface area contributed by atoms with Gasteiger partial charge in [-0.2, -0.15) is 12.6 Å². The van der Waals surface area contributed by atoms with E-state index >= 15 is 0 Å². The number of Topliss-reactive ketones (excluding diaryl/α,β-unsaturated/α-hetero) is 1. The molecular weight excluding hydrogens is 1050 g/mol. The number of hydrogen-bond donors (Lipinski definition) is 4. The first-order chi connectivity index (χ1) is 37.4. The Morgan fingerprint density at radius 2 is 1.47 bits per heavy atom. The number of amides is 4. The minimum atomic E-state index is -2.35. The van der Waals surface area contributed by atoms with E-state index in [9.17, 15) is 48.9 Å². The number of hydrogen-bond acceptors (Lipinski definition) is 23. The third-order valence-corrected chi connectivity index (χ3v) is 15.2. The summed E-state index contributed by atoms with van der Waals surface area (Å²) in [4.78, 5) is 97.8. The second-order valence-electron chi connectivity index (χ2n) is 19.7. The molecule has 1 unspecified atom stereocenters. The first kappa shape index (κ1) is 58.9. The average Bonchev–Trinajstić information content (AvgIpc) is 4.07. The Hall–Kier alpha value is -5.20. The second-order valence-corrected chi connectivity index (χ2v) is 20.4. The van der Waals surface area contributed by atoms with Gasteiger partial charge in [-0.1, -0.05) is 12.1 Å². The van der Waals surface area contributed by atoms with Gasteiger partial charge >= 0.3 is 0 Å². The van der Waals surface area contributed by atoms with E-state index in [1.807, 2.05) is 0 Å². The molecule has 8 rings (SSSR count). The molecule has 4 aliphatic heterocycles. The summed E-state index contributed by atoms with van der Waals surface area (Å²) >= 11 is 4.09. The number of fused-ring (bicyclic) bond motifs is 6. The number of likely N-dealkylation sites (N-methyl/N-ethyl adjacent to an activating group) is 2. The van der Waals surface area contributed by atoms with Crippen molar-refractivity contribution in [1.82, 2.24) is 19.6 Å². The monoisotopic (exact) mass is 1120 g/mol. The van der Waals surface area contributed by atoms with Gasteiger partial charge in [0, 0.05) is 89.3 Å². The summed E-state index contributed by atoms with van der Waals surface area (Å²) in [7, 11) is 5.95. The summed E-state index contributed by atoms with van der Waals surface area (Å²) in [6, 6.07) is 4.14. The third kappa shape index (κ3) is 12.5. The number of rotatable bonds is 26. The molecule has 6 aliphatic rings. The van der Waals surface area contributed by atoms with Crippen LogP contribution in [0, 0.1) is 0 Å². The zero-order valence-electron chi connectivity index (χ0n) is 44.2. The number of benzene rings is 2. The number of phenolic OH excluding ortho intramolecular Hbond substituents is 2. The molecule has 4 fully saturated rings. The molecular formula is C52H68N4O21S. The Balaban J connectivity index is 0.809. The van der Waals surface area contributed by atoms with Crippen molar-refractivity contribution < 1.29 is 101 Å². The quantitative estimate of drug-likeness (QED) is 0.0350. The van der Waals surface area contributed by atoms with Crippen molar-refractivity contribution in [2.24, 2.45) is 0 Å². The number of imide groups is 1. The van der Waals surface area contributed by atoms with Crippen molar-refractivity contribution in [3.63, 3.8) is 0 Å². The maximum Gasteiger partial charge on any atom is 0.248 e. The molecule has 4 amide bonds. The Labute approximate surface area is 455 Å². The fraction of sp³-hybridized carbons (Fsp3) is 0.635. The molecule has 4 saturated heterocycles. The first-order valence-corrected chi connectivity index (χ1v) is 26.3. The van der Waals surface area contributed by atoms with Crippen LogP contribution in [0.3, 0.4) is 0 Å². The normalized spacial score (nSPS) is 26.5. The second kappa shape index (κ2) is 25.9. The lowest BCUT2D eigenvalue weighted by molar-refractivity contribution is -0.256. The lowest BCUT2D eigenvalue weighted by atomic mass is 9.72. The Morgan fingerprint density at radius 3 is 2.14 bits per heavy atom. The van der Waals surface area contributed by atoms with Gasteiger partial charge in [-0.3, -0.25) is 43.4 Å². The molecule has 0 radical (unpaired) electrons. The first-order valence-electron chi connectivity index (χ1n) is 25.8. The van der Waals surface area contributed by atoms with Crippen LogP contribution in [0.1, 0.15) is 75.3 Å². The van der Waals surface area contributed by atoms with E-state index in [2.05, 4.69) is 17.5 Å². The fourth-order valence-electron chi connectivity index (χ4n) is 10.5. The van der Waals surface area contributed by atoms with Gasteiger partial charge in [-0.25, -0.2) is 0 Å². The van der Waals surface area contributed by atoms with Crippen molar-refractivity contribution in [3.8, 4) is 17.2 Å². The van der Waals surface area contributed by atoms with Crippen LogP contribution in [0.4, 0.5) is 0 Å². The van der Waals surface area contributed by atoms with Crippen LogP contribution in [0.2, 0.25) is 0 Å². The van der Waals surface area contributed by atoms with Gasteiger partial charge in [0.15, 0.2) is 30.4 Å². The van der Waals surface area contributed by atoms with Crippen LogP contribution >= 0.6 is 12.6 Å². The summed E-state index contributed by atoms with van der Waals surface area (Å²) in [6.07, 6.45) is -5.38. The van der Waals surface area contributed by atoms with Gasteiger partial charge in [0.1, 0.15) is 48.8 Å². The number of carbonyl (C=O) groups is 7. The molecule has 25 nitrogen and oxygen atoms in total. The van der Waals surface area contributed by atoms with Crippen LogP contribution in [0.25, 0.3) is 0 Å². The Bertz CT molecular complexity index is 2590. The molecule has 9 atom stereocenters. The van der Waals surface area contributed by atoms with E-state index < -0.39 is 120 Å². The molecule has 2 aliphatic carbocycles. The van der Waals surface area contributed by atoms with E-state index in [1.54, 1.807) is 14.0 Å². The SMILES string of the molecule is COc1cccc2c1C(=O)c1c(O)c3c(c(O)c1C2=O)C[C@@](O)(C(=O)COCC(=O)N(C)CCOCCN(C)C(=O)COCCOCCOCCN1C(=O)CC(S)C1=O)C[C@@H]3O[C@H]1C[C@H]2[C@H](O[C@@H]3[C@@H](OC)OCCN32)[C@H](C)O1. The minimum Gasteiger partial charge on any atom is -0.507 e. The maximum absolute atomic E-state index is 14.2. The zero-order chi connectivity index (χ0) is 56.0. The third-order valence-electron chi connectivity index (χ3n) is 14.8. The highest BCUT2D eigenvalue weighted by Crippen LogP contribution is 2.53. The minimum absolute atomic E-state index is 0.0755. The van der Waals surface area contributed by atoms with Crippen LogP contribution in [0.15, 0.2) is 18.2 Å². The van der Waals surface area contributed by atoms with Crippen LogP contribution in [-0.4, -0.2) is 251 Å². The lowest BCUT2D eigenvalue weighted by Gasteiger charge is -2.43. The van der Waals surface area contributed by atoms with Gasteiger partial charge < -0.3 is 77.2 Å². The number of methoxy groups -OCH3 is 2. The number of phenols is 2. The molecule has 0 saturated carbocycles. The maximum atomic E-state index is 14.2. The molecule has 3 N–H and O–H groups in total. The number of ether oxygens (including phenoxy) is 11. The number of likely N-dealkylation sites (tertiary alicyclic amines) is 1. The van der Waals surface area contributed by atoms with Crippen LogP contribution in [0.5, 0.6) is 17.2 Å². The zero-order valence-corrected chi connectivity index (χ0v) is 45.1. The number of aliphatic hydroxyl groups is 1. The highest BCUT2D eigenvalue weighted by atomic mass is 32.1. The number of morpholine rings is 1. The highest BCUT2D eigenvalue weighted by Gasteiger charge is 2.55. The fourth-order valence-corrected chi connectivity index (χ4v) is 10.8. The van der Waals surface area contributed by atoms with E-state index in [1.165, 1.54) is 49.3 Å². The summed E-state index contributed by atoms with van der Waals surface area (Å²) in [5, 5.41) is 35.8. The van der Waals surface area contributed by atoms with E-state index in [0.717, 1.165) is 4.90 Å². The molecule has 78 heavy (non-hydrogen) atoms. The number of aromatic hydroxyl groups is 2. The van der Waals surface area contributed by atoms with E-state index in [-0.39, 0.29) is 137 Å². The van der Waals surface area contributed by atoms with E-state index in [0.29, 0.717) is 13.2 Å². The van der Waals surface area contributed by atoms with Gasteiger partial charge in [-0.05, 0) is 13.0 Å². The molecule has 428 valence electrons. The number of nitrogens with zero attached hydrogens (tertiary/aromatic N) is 4. The molecule has 0 bridgehead atoms. The van der Waals surface area contributed by atoms with Gasteiger partial charge in [-0.15, -0.1) is 0 Å². The van der Waals surface area contributed by atoms with Gasteiger partial charge in [0.05, 0.1) is 101 Å². The number of ketones is 3. The van der Waals surface area contributed by atoms with Gasteiger partial charge in [0.25, 0.3) is 0 Å². The smallest absolute Gasteiger partial charge is 0.248 e. The predicted octanol–water partition coefficient (Wildman–Crippen LogP) is -0.224. The van der Waals surface area contributed by atoms with Crippen LogP contribution in [-0.2, 0) is 77.8 Å². The summed E-state index contributed by atoms with van der Waals surface area (Å²) in [6.45, 7) is 3.08. The molecule has 0 aromatic heterocycles. The summed E-state index contributed by atoms with van der Waals surface area (Å²) in [5.41, 5.74) is -3.85. The summed E-state index contributed by atoms with van der Waals surface area (Å²) in [5.74, 6) is -5.19. The topological polar surface area (TPSA) is 295 Å². The highest BCUT2D eigenvalue weighted by molar-refractivity contribution is 7.81. The molecule has 0 spiro atoms. The number of thiol groups is 1. The standard InChI is InChI=1S/C52H68N4O21S/c1-28-48-31(55-12-16-74-51(68-5)50(55)77-48)21-39(75-28)76-33-24-52(66,23-30-41(33)47(64)43-42(45(30)62)44(61)29-7-6-8-32(67-4)40(29)46(43)63)35(57)25-73-27-38(60)54(3)10-14-69-13-9-53(2)37(59)26-72-20-19-71-18-17-70-15-11-56-36(58)22-34(78)49(56)65/h6-8,28,31,33-34,39,48,50-51,62,64,66,78H,9-27H2,1-5H3/t28-,31-,33-,34?,39-,48+,50+,51-,52-/m0/s1. The lowest BCUT2D eigenvalue weighted by Crippen LogP contribution is -2.55. The Morgan fingerprint density at radius 1 is 0.821 bits per heavy atom. The van der Waals surface area contributed by atoms with Crippen molar-refractivity contribution in [1.29, 1.82) is 0 Å². The predicted molar refractivity (Wildman–Crippen MR) is 270 cm³/mol. The molecule has 2 aromatic rings. The van der Waals surface area contributed by atoms with Crippen molar-refractivity contribution in [3.05, 3.63) is 51.6 Å². The molecule has 4 heterocycles. The van der Waals surface area contributed by atoms with E-state index in [4.69, 9.17) is 52.1 Å². The van der Waals surface area contributed by atoms with Crippen molar-refractivity contribution >= 4 is 53.6 Å². The number of carbonyl (C=O) groups excluding carboxylic acids is 7. The molecule has 26 heteroatoms. The summed E-state index contributed by atoms with van der Waals surface area (Å²) < 4.78 is 63.4. The largest absolute Gasteiger partial charge is 0.507 e. The van der Waals surface area contributed by atoms with Crippen LogP contribution < -0.4 is 4.74 Å². The van der Waals surface area contributed by atoms with Crippen molar-refractivity contribution in [2.45, 2.75) is 86.6 Å². The molecule has 2 aromatic carbocycles. The van der Waals surface area contributed by atoms with Gasteiger partial charge in [0.2, 0.25) is 29.4 Å².